The van der Waals surface area contributed by atoms with E-state index < -0.39 is 48.6 Å². The molecule has 0 bridgehead atoms. The highest BCUT2D eigenvalue weighted by molar-refractivity contribution is 5.68. The SMILES string of the molecule is C=CC[C@H](CCCCC)O[C@@H]1O[C@H](C)[C@H](OC(C)=O)[C@H](OC(C)=O)[C@H]1OC(C)=O. The number of rotatable bonds is 11. The van der Waals surface area contributed by atoms with Crippen molar-refractivity contribution in [3.8, 4) is 0 Å². The second-order valence-electron chi connectivity index (χ2n) is 7.21. The molecule has 8 heteroatoms. The Morgan fingerprint density at radius 1 is 0.966 bits per heavy atom. The van der Waals surface area contributed by atoms with E-state index in [0.717, 1.165) is 25.7 Å². The summed E-state index contributed by atoms with van der Waals surface area (Å²) < 4.78 is 28.1. The van der Waals surface area contributed by atoms with Crippen molar-refractivity contribution in [3.63, 3.8) is 0 Å². The average Bonchev–Trinajstić information content (AvgIpc) is 2.60. The molecule has 0 unspecified atom stereocenters. The summed E-state index contributed by atoms with van der Waals surface area (Å²) in [5, 5.41) is 0. The first-order valence-corrected chi connectivity index (χ1v) is 10.1. The molecule has 0 aliphatic carbocycles. The summed E-state index contributed by atoms with van der Waals surface area (Å²) in [6.45, 7) is 11.3. The van der Waals surface area contributed by atoms with Crippen LogP contribution in [0.2, 0.25) is 0 Å². The standard InChI is InChI=1S/C21H34O8/c1-7-9-10-12-17(11-8-2)29-21-20(28-16(6)24)19(27-15(5)23)18(13(3)25-21)26-14(4)22/h8,13,17-21H,2,7,9-12H2,1,3-6H3/t13-,17-,18+,19+,20-,21+/m1/s1. The fraction of sp³-hybridized carbons (Fsp3) is 0.762. The summed E-state index contributed by atoms with van der Waals surface area (Å²) >= 11 is 0. The first kappa shape index (κ1) is 25.1. The number of carbonyl (C=O) groups is 3. The Hall–Kier alpha value is -1.93. The van der Waals surface area contributed by atoms with Crippen LogP contribution in [0.15, 0.2) is 12.7 Å². The Morgan fingerprint density at radius 3 is 2.03 bits per heavy atom. The van der Waals surface area contributed by atoms with Gasteiger partial charge >= 0.3 is 17.9 Å². The largest absolute Gasteiger partial charge is 0.456 e. The molecule has 0 aromatic rings. The minimum Gasteiger partial charge on any atom is -0.456 e. The van der Waals surface area contributed by atoms with Crippen LogP contribution >= 0.6 is 0 Å². The van der Waals surface area contributed by atoms with Gasteiger partial charge in [-0.05, 0) is 19.8 Å². The molecular formula is C21H34O8. The van der Waals surface area contributed by atoms with E-state index in [9.17, 15) is 14.4 Å². The van der Waals surface area contributed by atoms with E-state index in [0.29, 0.717) is 6.42 Å². The van der Waals surface area contributed by atoms with E-state index >= 15 is 0 Å². The van der Waals surface area contributed by atoms with E-state index in [1.165, 1.54) is 20.8 Å². The molecule has 0 aromatic heterocycles. The zero-order chi connectivity index (χ0) is 22.0. The van der Waals surface area contributed by atoms with Crippen molar-refractivity contribution in [2.24, 2.45) is 0 Å². The summed E-state index contributed by atoms with van der Waals surface area (Å²) in [4.78, 5) is 35.0. The van der Waals surface area contributed by atoms with Crippen molar-refractivity contribution < 1.29 is 38.1 Å². The van der Waals surface area contributed by atoms with Crippen LogP contribution in [0.3, 0.4) is 0 Å². The van der Waals surface area contributed by atoms with Crippen LogP contribution < -0.4 is 0 Å². The third-order valence-electron chi connectivity index (χ3n) is 4.52. The zero-order valence-corrected chi connectivity index (χ0v) is 18.1. The molecule has 0 spiro atoms. The Labute approximate surface area is 172 Å². The topological polar surface area (TPSA) is 97.4 Å². The van der Waals surface area contributed by atoms with Crippen LogP contribution in [-0.2, 0) is 38.1 Å². The van der Waals surface area contributed by atoms with Crippen molar-refractivity contribution in [2.75, 3.05) is 0 Å². The first-order chi connectivity index (χ1) is 13.7. The molecule has 1 heterocycles. The van der Waals surface area contributed by atoms with Crippen molar-refractivity contribution >= 4 is 17.9 Å². The number of ether oxygens (including phenoxy) is 5. The summed E-state index contributed by atoms with van der Waals surface area (Å²) in [5.41, 5.74) is 0. The summed E-state index contributed by atoms with van der Waals surface area (Å²) in [6.07, 6.45) is 1.39. The highest BCUT2D eigenvalue weighted by Gasteiger charge is 2.51. The maximum atomic E-state index is 11.7. The quantitative estimate of drug-likeness (QED) is 0.220. The lowest BCUT2D eigenvalue weighted by molar-refractivity contribution is -0.310. The van der Waals surface area contributed by atoms with Gasteiger partial charge in [0.15, 0.2) is 24.6 Å². The normalized spacial score (nSPS) is 27.6. The molecule has 6 atom stereocenters. The predicted octanol–water partition coefficient (Wildman–Crippen LogP) is 3.07. The molecule has 1 aliphatic rings. The van der Waals surface area contributed by atoms with Gasteiger partial charge in [0.1, 0.15) is 0 Å². The third kappa shape index (κ3) is 8.53. The van der Waals surface area contributed by atoms with Gasteiger partial charge in [0.05, 0.1) is 12.2 Å². The number of hydrogen-bond acceptors (Lipinski definition) is 8. The Morgan fingerprint density at radius 2 is 1.52 bits per heavy atom. The molecule has 1 rings (SSSR count). The second kappa shape index (κ2) is 12.6. The summed E-state index contributed by atoms with van der Waals surface area (Å²) in [5.74, 6) is -1.75. The molecule has 0 amide bonds. The lowest BCUT2D eigenvalue weighted by Crippen LogP contribution is -2.61. The zero-order valence-electron chi connectivity index (χ0n) is 18.1. The molecule has 0 radical (unpaired) electrons. The van der Waals surface area contributed by atoms with Crippen LogP contribution in [0.1, 0.15) is 66.7 Å². The van der Waals surface area contributed by atoms with Gasteiger partial charge in [0.25, 0.3) is 0 Å². The monoisotopic (exact) mass is 414 g/mol. The molecule has 1 fully saturated rings. The highest BCUT2D eigenvalue weighted by Crippen LogP contribution is 2.31. The van der Waals surface area contributed by atoms with Gasteiger partial charge in [-0.3, -0.25) is 14.4 Å². The molecule has 0 saturated carbocycles. The molecule has 0 aromatic carbocycles. The van der Waals surface area contributed by atoms with Crippen molar-refractivity contribution in [3.05, 3.63) is 12.7 Å². The average molecular weight is 414 g/mol. The van der Waals surface area contributed by atoms with Crippen LogP contribution in [-0.4, -0.2) is 54.7 Å². The minimum atomic E-state index is -1.07. The van der Waals surface area contributed by atoms with E-state index in [1.807, 2.05) is 0 Å². The van der Waals surface area contributed by atoms with Crippen LogP contribution in [0, 0.1) is 0 Å². The number of unbranched alkanes of at least 4 members (excludes halogenated alkanes) is 2. The third-order valence-corrected chi connectivity index (χ3v) is 4.52. The maximum Gasteiger partial charge on any atom is 0.303 e. The highest BCUT2D eigenvalue weighted by atomic mass is 16.7. The Bertz CT molecular complexity index is 561. The number of hydrogen-bond donors (Lipinski definition) is 0. The van der Waals surface area contributed by atoms with Crippen molar-refractivity contribution in [2.45, 2.75) is 104 Å². The predicted molar refractivity (Wildman–Crippen MR) is 105 cm³/mol. The van der Waals surface area contributed by atoms with Crippen LogP contribution in [0.5, 0.6) is 0 Å². The Kier molecular flexibility index (Phi) is 10.9. The summed E-state index contributed by atoms with van der Waals surface area (Å²) in [7, 11) is 0. The molecule has 29 heavy (non-hydrogen) atoms. The molecule has 166 valence electrons. The van der Waals surface area contributed by atoms with E-state index in [-0.39, 0.29) is 6.10 Å². The molecular weight excluding hydrogens is 380 g/mol. The van der Waals surface area contributed by atoms with Crippen LogP contribution in [0.25, 0.3) is 0 Å². The summed E-state index contributed by atoms with van der Waals surface area (Å²) in [6, 6.07) is 0. The molecule has 1 saturated heterocycles. The van der Waals surface area contributed by atoms with Crippen LogP contribution in [0.4, 0.5) is 0 Å². The molecule has 0 N–H and O–H groups in total. The minimum absolute atomic E-state index is 0.197. The lowest BCUT2D eigenvalue weighted by atomic mass is 9.98. The second-order valence-corrected chi connectivity index (χ2v) is 7.21. The maximum absolute atomic E-state index is 11.7. The van der Waals surface area contributed by atoms with Gasteiger partial charge in [0.2, 0.25) is 0 Å². The van der Waals surface area contributed by atoms with Crippen molar-refractivity contribution in [1.29, 1.82) is 0 Å². The molecule has 1 aliphatic heterocycles. The van der Waals surface area contributed by atoms with Crippen molar-refractivity contribution in [1.82, 2.24) is 0 Å². The van der Waals surface area contributed by atoms with Gasteiger partial charge in [-0.2, -0.15) is 0 Å². The number of carbonyl (C=O) groups excluding carboxylic acids is 3. The van der Waals surface area contributed by atoms with Gasteiger partial charge < -0.3 is 23.7 Å². The fourth-order valence-corrected chi connectivity index (χ4v) is 3.32. The van der Waals surface area contributed by atoms with Gasteiger partial charge in [-0.15, -0.1) is 6.58 Å². The Balaban J connectivity index is 3.11. The fourth-order valence-electron chi connectivity index (χ4n) is 3.32. The lowest BCUT2D eigenvalue weighted by Gasteiger charge is -2.44. The smallest absolute Gasteiger partial charge is 0.303 e. The molecule has 8 nitrogen and oxygen atoms in total. The van der Waals surface area contributed by atoms with E-state index in [2.05, 4.69) is 13.5 Å². The van der Waals surface area contributed by atoms with Gasteiger partial charge in [-0.1, -0.05) is 32.3 Å². The number of esters is 3. The van der Waals surface area contributed by atoms with Gasteiger partial charge in [0, 0.05) is 20.8 Å². The van der Waals surface area contributed by atoms with E-state index in [4.69, 9.17) is 23.7 Å². The van der Waals surface area contributed by atoms with E-state index in [1.54, 1.807) is 13.0 Å². The first-order valence-electron chi connectivity index (χ1n) is 10.1. The van der Waals surface area contributed by atoms with Gasteiger partial charge in [-0.25, -0.2) is 0 Å².